The highest BCUT2D eigenvalue weighted by molar-refractivity contribution is 6.30. The fourth-order valence-corrected chi connectivity index (χ4v) is 5.98. The maximum Gasteiger partial charge on any atom is 0.252 e. The molecule has 1 fully saturated rings. The zero-order valence-corrected chi connectivity index (χ0v) is 23.5. The number of piperazine rings is 1. The van der Waals surface area contributed by atoms with Crippen molar-refractivity contribution in [2.75, 3.05) is 18.0 Å². The summed E-state index contributed by atoms with van der Waals surface area (Å²) in [6.45, 7) is 7.61. The minimum Gasteiger partial charge on any atom is -0.390 e. The van der Waals surface area contributed by atoms with Gasteiger partial charge in [-0.3, -0.25) is 9.69 Å². The van der Waals surface area contributed by atoms with Crippen molar-refractivity contribution in [3.05, 3.63) is 104 Å². The molecule has 3 heterocycles. The number of aliphatic hydroxyl groups is 1. The lowest BCUT2D eigenvalue weighted by molar-refractivity contribution is 0.129. The predicted molar refractivity (Wildman–Crippen MR) is 155 cm³/mol. The van der Waals surface area contributed by atoms with Crippen LogP contribution in [0.5, 0.6) is 0 Å². The zero-order valence-electron chi connectivity index (χ0n) is 22.7. The van der Waals surface area contributed by atoms with E-state index in [9.17, 15) is 14.3 Å². The smallest absolute Gasteiger partial charge is 0.252 e. The van der Waals surface area contributed by atoms with Crippen molar-refractivity contribution in [3.63, 3.8) is 0 Å². The number of pyridine rings is 2. The van der Waals surface area contributed by atoms with E-state index in [1.165, 1.54) is 6.07 Å². The standard InChI is InChI=1S/C31H34ClFN4O2/c1-5-21-14-24(33)10-12-26(21)31(22-6-8-23(32)9-7-22)37-17-19(2)36(16-20(37)3)28-15-29(39)35(4)27-13-11-25(18-38)34-30(27)28/h6-15,19-20,31,38H,5,16-18H2,1-4H3/t19-,20+,31?/m0/s1. The van der Waals surface area contributed by atoms with Crippen LogP contribution in [-0.4, -0.2) is 44.7 Å². The van der Waals surface area contributed by atoms with Crippen LogP contribution in [0, 0.1) is 5.82 Å². The predicted octanol–water partition coefficient (Wildman–Crippen LogP) is 5.47. The van der Waals surface area contributed by atoms with Crippen molar-refractivity contribution in [3.8, 4) is 0 Å². The number of anilines is 1. The van der Waals surface area contributed by atoms with Crippen molar-refractivity contribution in [2.24, 2.45) is 7.05 Å². The molecule has 5 rings (SSSR count). The molecule has 2 aromatic heterocycles. The number of aryl methyl sites for hydroxylation is 2. The number of fused-ring (bicyclic) bond motifs is 1. The first-order valence-corrected chi connectivity index (χ1v) is 13.8. The van der Waals surface area contributed by atoms with Crippen LogP contribution in [0.4, 0.5) is 10.1 Å². The Hall–Kier alpha value is -3.26. The highest BCUT2D eigenvalue weighted by atomic mass is 35.5. The Morgan fingerprint density at radius 2 is 1.79 bits per heavy atom. The summed E-state index contributed by atoms with van der Waals surface area (Å²) in [6.07, 6.45) is 0.721. The molecular formula is C31H34ClFN4O2. The number of hydrogen-bond acceptors (Lipinski definition) is 5. The third-order valence-electron chi connectivity index (χ3n) is 7.93. The lowest BCUT2D eigenvalue weighted by Gasteiger charge is -2.49. The van der Waals surface area contributed by atoms with E-state index >= 15 is 0 Å². The minimum atomic E-state index is -0.232. The normalized spacial score (nSPS) is 19.0. The van der Waals surface area contributed by atoms with Crippen LogP contribution in [0.2, 0.25) is 5.02 Å². The molecule has 0 saturated carbocycles. The van der Waals surface area contributed by atoms with E-state index in [1.807, 2.05) is 36.4 Å². The average Bonchev–Trinajstić information content (AvgIpc) is 2.94. The first-order valence-electron chi connectivity index (χ1n) is 13.4. The summed E-state index contributed by atoms with van der Waals surface area (Å²) < 4.78 is 15.8. The molecule has 0 radical (unpaired) electrons. The quantitative estimate of drug-likeness (QED) is 0.346. The van der Waals surface area contributed by atoms with Gasteiger partial charge in [-0.05, 0) is 73.4 Å². The van der Waals surface area contributed by atoms with Crippen LogP contribution in [0.1, 0.15) is 49.2 Å². The van der Waals surface area contributed by atoms with E-state index in [4.69, 9.17) is 16.6 Å². The molecule has 0 amide bonds. The molecule has 1 N–H and O–H groups in total. The number of benzene rings is 2. The monoisotopic (exact) mass is 548 g/mol. The third-order valence-corrected chi connectivity index (χ3v) is 8.18. The van der Waals surface area contributed by atoms with Crippen molar-refractivity contribution < 1.29 is 9.50 Å². The Bertz CT molecular complexity index is 1560. The van der Waals surface area contributed by atoms with Gasteiger partial charge in [0.25, 0.3) is 5.56 Å². The molecule has 4 aromatic rings. The molecule has 8 heteroatoms. The maximum absolute atomic E-state index is 14.2. The Balaban J connectivity index is 1.57. The van der Waals surface area contributed by atoms with E-state index < -0.39 is 0 Å². The Morgan fingerprint density at radius 1 is 1.05 bits per heavy atom. The van der Waals surface area contributed by atoms with Gasteiger partial charge in [-0.25, -0.2) is 9.37 Å². The lowest BCUT2D eigenvalue weighted by Crippen LogP contribution is -2.57. The van der Waals surface area contributed by atoms with Crippen molar-refractivity contribution in [1.29, 1.82) is 0 Å². The number of nitrogens with zero attached hydrogens (tertiary/aromatic N) is 4. The van der Waals surface area contributed by atoms with Gasteiger partial charge in [0, 0.05) is 43.3 Å². The second kappa shape index (κ2) is 11.1. The molecule has 3 atom stereocenters. The molecule has 0 aliphatic carbocycles. The van der Waals surface area contributed by atoms with Crippen LogP contribution in [0.3, 0.4) is 0 Å². The van der Waals surface area contributed by atoms with Crippen LogP contribution in [0.25, 0.3) is 11.0 Å². The molecule has 2 aromatic carbocycles. The Kier molecular flexibility index (Phi) is 7.76. The first-order chi connectivity index (χ1) is 18.7. The summed E-state index contributed by atoms with van der Waals surface area (Å²) in [4.78, 5) is 22.3. The summed E-state index contributed by atoms with van der Waals surface area (Å²) in [5, 5.41) is 10.4. The summed E-state index contributed by atoms with van der Waals surface area (Å²) in [5.41, 5.74) is 5.84. The van der Waals surface area contributed by atoms with E-state index in [2.05, 4.69) is 30.6 Å². The van der Waals surface area contributed by atoms with Crippen molar-refractivity contribution in [2.45, 2.75) is 51.9 Å². The molecule has 1 aliphatic rings. The van der Waals surface area contributed by atoms with Gasteiger partial charge in [0.15, 0.2) is 0 Å². The molecule has 0 bridgehead atoms. The Morgan fingerprint density at radius 3 is 2.49 bits per heavy atom. The van der Waals surface area contributed by atoms with Crippen LogP contribution in [-0.2, 0) is 20.1 Å². The number of rotatable bonds is 6. The second-order valence-electron chi connectivity index (χ2n) is 10.5. The molecule has 39 heavy (non-hydrogen) atoms. The molecule has 6 nitrogen and oxygen atoms in total. The average molecular weight is 549 g/mol. The van der Waals surface area contributed by atoms with E-state index in [-0.39, 0.29) is 36.1 Å². The number of aliphatic hydroxyl groups excluding tert-OH is 1. The van der Waals surface area contributed by atoms with Gasteiger partial charge in [0.2, 0.25) is 0 Å². The third kappa shape index (κ3) is 5.19. The topological polar surface area (TPSA) is 61.6 Å². The minimum absolute atomic E-state index is 0.0522. The van der Waals surface area contributed by atoms with E-state index in [1.54, 1.807) is 29.8 Å². The number of hydrogen-bond donors (Lipinski definition) is 1. The molecule has 204 valence electrons. The zero-order chi connectivity index (χ0) is 27.8. The van der Waals surface area contributed by atoms with Crippen LogP contribution in [0.15, 0.2) is 65.5 Å². The summed E-state index contributed by atoms with van der Waals surface area (Å²) in [6, 6.07) is 18.3. The Labute approximate surface area is 233 Å². The fourth-order valence-electron chi connectivity index (χ4n) is 5.85. The maximum atomic E-state index is 14.2. The van der Waals surface area contributed by atoms with E-state index in [0.717, 1.165) is 34.3 Å². The molecule has 0 spiro atoms. The SMILES string of the molecule is CCc1cc(F)ccc1C(c1ccc(Cl)cc1)N1C[C@H](C)N(c2cc(=O)n(C)c3ccc(CO)nc23)C[C@H]1C. The van der Waals surface area contributed by atoms with Gasteiger partial charge in [0.05, 0.1) is 29.5 Å². The number of halogens is 2. The van der Waals surface area contributed by atoms with Gasteiger partial charge in [-0.1, -0.05) is 36.7 Å². The first kappa shape index (κ1) is 27.3. The van der Waals surface area contributed by atoms with Gasteiger partial charge in [0.1, 0.15) is 11.3 Å². The van der Waals surface area contributed by atoms with Gasteiger partial charge in [-0.2, -0.15) is 0 Å². The molecule has 1 aliphatic heterocycles. The van der Waals surface area contributed by atoms with Gasteiger partial charge >= 0.3 is 0 Å². The molecule has 1 unspecified atom stereocenters. The molecular weight excluding hydrogens is 515 g/mol. The van der Waals surface area contributed by atoms with Crippen LogP contribution >= 0.6 is 11.6 Å². The van der Waals surface area contributed by atoms with Gasteiger partial charge in [-0.15, -0.1) is 0 Å². The largest absolute Gasteiger partial charge is 0.390 e. The van der Waals surface area contributed by atoms with Gasteiger partial charge < -0.3 is 14.6 Å². The summed E-state index contributed by atoms with van der Waals surface area (Å²) >= 11 is 6.24. The van der Waals surface area contributed by atoms with Crippen molar-refractivity contribution >= 4 is 28.3 Å². The lowest BCUT2D eigenvalue weighted by atomic mass is 9.89. The highest BCUT2D eigenvalue weighted by Crippen LogP contribution is 2.37. The summed E-state index contributed by atoms with van der Waals surface area (Å²) in [5.74, 6) is -0.232. The fraction of sp³-hybridized carbons (Fsp3) is 0.355. The number of aromatic nitrogens is 2. The highest BCUT2D eigenvalue weighted by Gasteiger charge is 2.36. The van der Waals surface area contributed by atoms with Crippen molar-refractivity contribution in [1.82, 2.24) is 14.5 Å². The van der Waals surface area contributed by atoms with Crippen LogP contribution < -0.4 is 10.5 Å². The molecule has 1 saturated heterocycles. The van der Waals surface area contributed by atoms with E-state index in [0.29, 0.717) is 29.3 Å². The summed E-state index contributed by atoms with van der Waals surface area (Å²) in [7, 11) is 1.74. The second-order valence-corrected chi connectivity index (χ2v) is 10.9.